The highest BCUT2D eigenvalue weighted by Crippen LogP contribution is 2.15. The van der Waals surface area contributed by atoms with Crippen molar-refractivity contribution in [2.24, 2.45) is 5.73 Å². The molecule has 0 spiro atoms. The minimum absolute atomic E-state index is 0.257. The summed E-state index contributed by atoms with van der Waals surface area (Å²) >= 11 is 0. The maximum absolute atomic E-state index is 12.0. The third-order valence-electron chi connectivity index (χ3n) is 2.64. The smallest absolute Gasteiger partial charge is 0.258 e. The summed E-state index contributed by atoms with van der Waals surface area (Å²) in [6.07, 6.45) is 4.31. The summed E-state index contributed by atoms with van der Waals surface area (Å²) in [6.45, 7) is 2.26. The van der Waals surface area contributed by atoms with Crippen molar-refractivity contribution in [2.75, 3.05) is 11.9 Å². The van der Waals surface area contributed by atoms with E-state index in [1.54, 1.807) is 0 Å². The van der Waals surface area contributed by atoms with E-state index in [1.807, 2.05) is 25.1 Å². The molecular formula is C15H14N4O. The van der Waals surface area contributed by atoms with Crippen LogP contribution in [0.25, 0.3) is 0 Å². The van der Waals surface area contributed by atoms with Crippen LogP contribution in [0.3, 0.4) is 0 Å². The molecule has 0 unspecified atom stereocenters. The van der Waals surface area contributed by atoms with Gasteiger partial charge in [0.1, 0.15) is 6.33 Å². The molecule has 100 valence electrons. The molecule has 0 aliphatic heterocycles. The molecule has 5 nitrogen and oxygen atoms in total. The average Bonchev–Trinajstić information content (AvgIpc) is 2.48. The lowest BCUT2D eigenvalue weighted by Gasteiger charge is -2.06. The van der Waals surface area contributed by atoms with Crippen LogP contribution >= 0.6 is 0 Å². The average molecular weight is 266 g/mol. The molecule has 1 aromatic carbocycles. The summed E-state index contributed by atoms with van der Waals surface area (Å²) in [5.74, 6) is 5.52. The lowest BCUT2D eigenvalue weighted by atomic mass is 10.1. The van der Waals surface area contributed by atoms with E-state index in [4.69, 9.17) is 5.73 Å². The second-order valence-electron chi connectivity index (χ2n) is 4.12. The predicted molar refractivity (Wildman–Crippen MR) is 77.1 cm³/mol. The largest absolute Gasteiger partial charge is 0.322 e. The Morgan fingerprint density at radius 2 is 2.10 bits per heavy atom. The molecular weight excluding hydrogens is 252 g/mol. The zero-order valence-electron chi connectivity index (χ0n) is 11.1. The molecule has 3 N–H and O–H groups in total. The third kappa shape index (κ3) is 3.40. The number of anilines is 1. The summed E-state index contributed by atoms with van der Waals surface area (Å²) in [5, 5.41) is 2.78. The van der Waals surface area contributed by atoms with Crippen molar-refractivity contribution in [3.63, 3.8) is 0 Å². The highest BCUT2D eigenvalue weighted by molar-refractivity contribution is 6.03. The van der Waals surface area contributed by atoms with Crippen LogP contribution in [0.15, 0.2) is 36.9 Å². The Balaban J connectivity index is 2.20. The number of carbonyl (C=O) groups excluding carboxylic acids is 1. The molecule has 2 rings (SSSR count). The van der Waals surface area contributed by atoms with E-state index in [2.05, 4.69) is 27.1 Å². The molecule has 0 atom stereocenters. The standard InChI is InChI=1S/C15H14N4O/c1-11-4-5-14(7-12(11)3-2-6-16)19-15(20)13-8-17-10-18-9-13/h4-5,7-10H,6,16H2,1H3,(H,19,20). The van der Waals surface area contributed by atoms with Crippen LogP contribution in [0.5, 0.6) is 0 Å². The third-order valence-corrected chi connectivity index (χ3v) is 2.64. The van der Waals surface area contributed by atoms with Crippen LogP contribution in [0.1, 0.15) is 21.5 Å². The molecule has 0 saturated heterocycles. The fourth-order valence-corrected chi connectivity index (χ4v) is 1.60. The Kier molecular flexibility index (Phi) is 4.43. The number of hydrogen-bond acceptors (Lipinski definition) is 4. The highest BCUT2D eigenvalue weighted by atomic mass is 16.1. The number of rotatable bonds is 2. The first kappa shape index (κ1) is 13.7. The van der Waals surface area contributed by atoms with E-state index >= 15 is 0 Å². The Labute approximate surface area is 117 Å². The zero-order valence-corrected chi connectivity index (χ0v) is 11.1. The quantitative estimate of drug-likeness (QED) is 0.804. The molecule has 20 heavy (non-hydrogen) atoms. The molecule has 5 heteroatoms. The topological polar surface area (TPSA) is 80.9 Å². The predicted octanol–water partition coefficient (Wildman–Crippen LogP) is 1.35. The molecule has 1 heterocycles. The number of carbonyl (C=O) groups is 1. The fraction of sp³-hybridized carbons (Fsp3) is 0.133. The van der Waals surface area contributed by atoms with E-state index < -0.39 is 0 Å². The molecule has 0 aliphatic carbocycles. The second kappa shape index (κ2) is 6.45. The Morgan fingerprint density at radius 1 is 1.35 bits per heavy atom. The van der Waals surface area contributed by atoms with Crippen molar-refractivity contribution < 1.29 is 4.79 Å². The van der Waals surface area contributed by atoms with Crippen LogP contribution in [0, 0.1) is 18.8 Å². The minimum atomic E-state index is -0.257. The van der Waals surface area contributed by atoms with Crippen molar-refractivity contribution in [2.45, 2.75) is 6.92 Å². The Hall–Kier alpha value is -2.71. The molecule has 0 aliphatic rings. The van der Waals surface area contributed by atoms with Crippen molar-refractivity contribution >= 4 is 11.6 Å². The second-order valence-corrected chi connectivity index (χ2v) is 4.12. The summed E-state index contributed by atoms with van der Waals surface area (Å²) in [5.41, 5.74) is 8.32. The number of amides is 1. The maximum atomic E-state index is 12.0. The molecule has 1 aromatic heterocycles. The monoisotopic (exact) mass is 266 g/mol. The van der Waals surface area contributed by atoms with E-state index in [0.717, 1.165) is 11.1 Å². The van der Waals surface area contributed by atoms with Gasteiger partial charge >= 0.3 is 0 Å². The van der Waals surface area contributed by atoms with Crippen molar-refractivity contribution in [3.8, 4) is 11.8 Å². The molecule has 0 saturated carbocycles. The van der Waals surface area contributed by atoms with Crippen LogP contribution in [0.2, 0.25) is 0 Å². The van der Waals surface area contributed by atoms with Crippen LogP contribution in [0.4, 0.5) is 5.69 Å². The lowest BCUT2D eigenvalue weighted by Crippen LogP contribution is -2.12. The summed E-state index contributed by atoms with van der Waals surface area (Å²) in [7, 11) is 0. The van der Waals surface area contributed by atoms with Crippen molar-refractivity contribution in [1.82, 2.24) is 9.97 Å². The van der Waals surface area contributed by atoms with Gasteiger partial charge in [-0.3, -0.25) is 4.79 Å². The normalized spacial score (nSPS) is 9.50. The number of benzene rings is 1. The number of nitrogens with one attached hydrogen (secondary N) is 1. The Bertz CT molecular complexity index is 671. The summed E-state index contributed by atoms with van der Waals surface area (Å²) in [4.78, 5) is 19.6. The van der Waals surface area contributed by atoms with E-state index in [-0.39, 0.29) is 5.91 Å². The van der Waals surface area contributed by atoms with Gasteiger partial charge in [0.2, 0.25) is 0 Å². The summed E-state index contributed by atoms with van der Waals surface area (Å²) in [6, 6.07) is 5.54. The van der Waals surface area contributed by atoms with Gasteiger partial charge in [-0.1, -0.05) is 17.9 Å². The molecule has 2 aromatic rings. The van der Waals surface area contributed by atoms with Gasteiger partial charge in [0.25, 0.3) is 5.91 Å². The number of nitrogens with two attached hydrogens (primary N) is 1. The van der Waals surface area contributed by atoms with E-state index in [1.165, 1.54) is 18.7 Å². The van der Waals surface area contributed by atoms with Crippen molar-refractivity contribution in [1.29, 1.82) is 0 Å². The van der Waals surface area contributed by atoms with Gasteiger partial charge < -0.3 is 11.1 Å². The first-order valence-corrected chi connectivity index (χ1v) is 6.06. The van der Waals surface area contributed by atoms with E-state index in [9.17, 15) is 4.79 Å². The van der Waals surface area contributed by atoms with Gasteiger partial charge in [-0.2, -0.15) is 0 Å². The van der Waals surface area contributed by atoms with Crippen LogP contribution in [-0.4, -0.2) is 22.4 Å². The molecule has 1 amide bonds. The van der Waals surface area contributed by atoms with Gasteiger partial charge in [-0.25, -0.2) is 9.97 Å². The SMILES string of the molecule is Cc1ccc(NC(=O)c2cncnc2)cc1C#CCN. The van der Waals surface area contributed by atoms with Gasteiger partial charge in [-0.15, -0.1) is 0 Å². The number of nitrogens with zero attached hydrogens (tertiary/aromatic N) is 2. The minimum Gasteiger partial charge on any atom is -0.322 e. The van der Waals surface area contributed by atoms with Gasteiger partial charge in [0.15, 0.2) is 0 Å². The first-order valence-electron chi connectivity index (χ1n) is 6.06. The highest BCUT2D eigenvalue weighted by Gasteiger charge is 2.07. The first-order chi connectivity index (χ1) is 9.70. The Morgan fingerprint density at radius 3 is 2.80 bits per heavy atom. The van der Waals surface area contributed by atoms with Crippen LogP contribution in [-0.2, 0) is 0 Å². The molecule has 0 fully saturated rings. The molecule has 0 bridgehead atoms. The lowest BCUT2D eigenvalue weighted by molar-refractivity contribution is 0.102. The van der Waals surface area contributed by atoms with Crippen LogP contribution < -0.4 is 11.1 Å². The zero-order chi connectivity index (χ0) is 14.4. The van der Waals surface area contributed by atoms with Gasteiger partial charge in [-0.05, 0) is 24.6 Å². The summed E-state index contributed by atoms with van der Waals surface area (Å²) < 4.78 is 0. The van der Waals surface area contributed by atoms with E-state index in [0.29, 0.717) is 17.8 Å². The van der Waals surface area contributed by atoms with Crippen molar-refractivity contribution in [3.05, 3.63) is 53.6 Å². The fourth-order valence-electron chi connectivity index (χ4n) is 1.60. The number of aromatic nitrogens is 2. The number of aryl methyl sites for hydroxylation is 1. The maximum Gasteiger partial charge on any atom is 0.258 e. The van der Waals surface area contributed by atoms with Gasteiger partial charge in [0.05, 0.1) is 12.1 Å². The number of hydrogen-bond donors (Lipinski definition) is 2. The molecule has 0 radical (unpaired) electrons. The van der Waals surface area contributed by atoms with Gasteiger partial charge in [0, 0.05) is 23.6 Å².